The molecule has 0 radical (unpaired) electrons. The second-order valence-corrected chi connectivity index (χ2v) is 6.09. The average Bonchev–Trinajstić information content (AvgIpc) is 2.65. The fourth-order valence-electron chi connectivity index (χ4n) is 2.68. The highest BCUT2D eigenvalue weighted by Crippen LogP contribution is 2.34. The highest BCUT2D eigenvalue weighted by Gasteiger charge is 2.24. The van der Waals surface area contributed by atoms with Crippen molar-refractivity contribution in [3.05, 3.63) is 62.5 Å². The van der Waals surface area contributed by atoms with Crippen molar-refractivity contribution in [2.24, 2.45) is 0 Å². The molecular weight excluding hydrogens is 422 g/mol. The fraction of sp³-hybridized carbons (Fsp3) is 0.118. The zero-order valence-electron chi connectivity index (χ0n) is 14.1. The van der Waals surface area contributed by atoms with E-state index in [1.54, 1.807) is 0 Å². The van der Waals surface area contributed by atoms with E-state index in [0.29, 0.717) is 16.8 Å². The first kappa shape index (κ1) is 20.6. The van der Waals surface area contributed by atoms with Gasteiger partial charge in [-0.2, -0.15) is 9.37 Å². The summed E-state index contributed by atoms with van der Waals surface area (Å²) in [5.41, 5.74) is -2.83. The molecule has 2 aromatic heterocycles. The van der Waals surface area contributed by atoms with Crippen molar-refractivity contribution in [3.8, 4) is 5.82 Å². The van der Waals surface area contributed by atoms with Gasteiger partial charge in [-0.1, -0.05) is 11.6 Å². The van der Waals surface area contributed by atoms with Gasteiger partial charge in [0, 0.05) is 18.8 Å². The number of hydrogen-bond donors (Lipinski definition) is 3. The Morgan fingerprint density at radius 1 is 1.17 bits per heavy atom. The van der Waals surface area contributed by atoms with E-state index >= 15 is 0 Å². The summed E-state index contributed by atoms with van der Waals surface area (Å²) in [5.74, 6) is -8.37. The van der Waals surface area contributed by atoms with Crippen molar-refractivity contribution in [1.82, 2.24) is 9.55 Å². The van der Waals surface area contributed by atoms with E-state index in [0.717, 1.165) is 0 Å². The summed E-state index contributed by atoms with van der Waals surface area (Å²) < 4.78 is 56.2. The number of pyridine rings is 2. The highest BCUT2D eigenvalue weighted by atomic mass is 35.5. The Morgan fingerprint density at radius 2 is 1.86 bits per heavy atom. The van der Waals surface area contributed by atoms with Crippen LogP contribution < -0.4 is 10.7 Å². The van der Waals surface area contributed by atoms with Gasteiger partial charge in [-0.3, -0.25) is 9.36 Å². The van der Waals surface area contributed by atoms with Crippen molar-refractivity contribution in [2.45, 2.75) is 0 Å². The van der Waals surface area contributed by atoms with Crippen LogP contribution in [0.1, 0.15) is 10.4 Å². The Morgan fingerprint density at radius 3 is 2.48 bits per heavy atom. The van der Waals surface area contributed by atoms with Gasteiger partial charge < -0.3 is 15.5 Å². The van der Waals surface area contributed by atoms with Gasteiger partial charge in [-0.15, -0.1) is 0 Å². The lowest BCUT2D eigenvalue weighted by Gasteiger charge is -2.17. The van der Waals surface area contributed by atoms with Crippen LogP contribution in [0.3, 0.4) is 0 Å². The summed E-state index contributed by atoms with van der Waals surface area (Å²) in [7, 11) is 0. The van der Waals surface area contributed by atoms with Gasteiger partial charge in [-0.25, -0.2) is 18.0 Å². The molecule has 2 heterocycles. The lowest BCUT2D eigenvalue weighted by atomic mass is 10.1. The minimum Gasteiger partial charge on any atom is -0.477 e. The molecule has 0 spiro atoms. The third-order valence-corrected chi connectivity index (χ3v) is 4.29. The molecule has 152 valence electrons. The maximum atomic E-state index is 14.4. The van der Waals surface area contributed by atoms with Gasteiger partial charge in [0.05, 0.1) is 28.2 Å². The molecule has 3 N–H and O–H groups in total. The van der Waals surface area contributed by atoms with E-state index in [2.05, 4.69) is 10.3 Å². The topological polar surface area (TPSA) is 104 Å². The number of rotatable bonds is 5. The number of anilines is 1. The smallest absolute Gasteiger partial charge is 0.341 e. The van der Waals surface area contributed by atoms with E-state index in [1.165, 1.54) is 0 Å². The monoisotopic (exact) mass is 431 g/mol. The number of nitrogens with zero attached hydrogens (tertiary/aromatic N) is 2. The largest absolute Gasteiger partial charge is 0.477 e. The van der Waals surface area contributed by atoms with Crippen molar-refractivity contribution < 1.29 is 32.6 Å². The Hall–Kier alpha value is -3.18. The van der Waals surface area contributed by atoms with Crippen molar-refractivity contribution in [3.63, 3.8) is 0 Å². The number of carbonyl (C=O) groups is 1. The molecule has 0 aliphatic carbocycles. The van der Waals surface area contributed by atoms with E-state index in [1.807, 2.05) is 0 Å². The first-order chi connectivity index (χ1) is 13.7. The third-order valence-electron chi connectivity index (χ3n) is 3.92. The van der Waals surface area contributed by atoms with Crippen LogP contribution in [-0.2, 0) is 0 Å². The van der Waals surface area contributed by atoms with Gasteiger partial charge in [0.1, 0.15) is 11.4 Å². The Bertz CT molecular complexity index is 1220. The van der Waals surface area contributed by atoms with Crippen LogP contribution in [0.4, 0.5) is 23.2 Å². The number of aromatic nitrogens is 2. The predicted octanol–water partition coefficient (Wildman–Crippen LogP) is 2.70. The van der Waals surface area contributed by atoms with Crippen molar-refractivity contribution >= 4 is 34.2 Å². The molecule has 12 heteroatoms. The first-order valence-electron chi connectivity index (χ1n) is 7.84. The molecule has 0 unspecified atom stereocenters. The van der Waals surface area contributed by atoms with Gasteiger partial charge in [0.25, 0.3) is 5.95 Å². The van der Waals surface area contributed by atoms with E-state index in [9.17, 15) is 32.3 Å². The Kier molecular flexibility index (Phi) is 5.44. The molecule has 1 aromatic carbocycles. The van der Waals surface area contributed by atoms with Crippen LogP contribution in [-0.4, -0.2) is 38.9 Å². The lowest BCUT2D eigenvalue weighted by Crippen LogP contribution is -2.20. The zero-order chi connectivity index (χ0) is 21.5. The van der Waals surface area contributed by atoms with Crippen LogP contribution in [0.5, 0.6) is 0 Å². The summed E-state index contributed by atoms with van der Waals surface area (Å²) in [6.07, 6.45) is 0.620. The number of aliphatic hydroxyl groups excluding tert-OH is 1. The molecule has 0 atom stereocenters. The third kappa shape index (κ3) is 3.49. The van der Waals surface area contributed by atoms with Gasteiger partial charge in [0.15, 0.2) is 17.5 Å². The Balaban J connectivity index is 2.51. The molecule has 0 aliphatic rings. The molecule has 7 nitrogen and oxygen atoms in total. The van der Waals surface area contributed by atoms with Crippen LogP contribution >= 0.6 is 11.6 Å². The van der Waals surface area contributed by atoms with E-state index in [4.69, 9.17) is 16.7 Å². The average molecular weight is 432 g/mol. The molecule has 0 bridgehead atoms. The maximum absolute atomic E-state index is 14.4. The first-order valence-corrected chi connectivity index (χ1v) is 8.22. The maximum Gasteiger partial charge on any atom is 0.341 e. The van der Waals surface area contributed by atoms with Crippen molar-refractivity contribution in [1.29, 1.82) is 0 Å². The van der Waals surface area contributed by atoms with E-state index in [-0.39, 0.29) is 18.3 Å². The molecular formula is C17H10ClF4N3O4. The zero-order valence-corrected chi connectivity index (χ0v) is 14.9. The number of aromatic carboxylic acids is 1. The number of carboxylic acids is 1. The molecule has 3 aromatic rings. The molecule has 0 amide bonds. The minimum atomic E-state index is -1.73. The highest BCUT2D eigenvalue weighted by molar-refractivity contribution is 6.38. The summed E-state index contributed by atoms with van der Waals surface area (Å²) in [6.45, 7) is -0.546. The number of carboxylic acid groups (broad SMARTS) is 1. The standard InChI is InChI=1S/C17H10ClF4N3O4/c18-11-12(23-1-2-26)8(19)3-6-13(11)25(5-7(14(6)27)17(28)29)16-10(21)4-9(20)15(22)24-16/h3-5,23,26H,1-2H2,(H,28,29). The van der Waals surface area contributed by atoms with Crippen LogP contribution in [0.25, 0.3) is 16.7 Å². The van der Waals surface area contributed by atoms with Crippen LogP contribution in [0.2, 0.25) is 5.02 Å². The molecule has 3 rings (SSSR count). The molecule has 0 fully saturated rings. The van der Waals surface area contributed by atoms with E-state index < -0.39 is 68.7 Å². The summed E-state index contributed by atoms with van der Waals surface area (Å²) in [5, 5.41) is 19.6. The fourth-order valence-corrected chi connectivity index (χ4v) is 3.03. The number of hydrogen-bond acceptors (Lipinski definition) is 5. The van der Waals surface area contributed by atoms with Crippen LogP contribution in [0.15, 0.2) is 23.1 Å². The van der Waals surface area contributed by atoms with Crippen LogP contribution in [0, 0.1) is 23.4 Å². The van der Waals surface area contributed by atoms with Gasteiger partial charge in [0.2, 0.25) is 5.43 Å². The summed E-state index contributed by atoms with van der Waals surface area (Å²) >= 11 is 6.16. The molecule has 0 saturated carbocycles. The summed E-state index contributed by atoms with van der Waals surface area (Å²) in [4.78, 5) is 27.0. The molecule has 0 aliphatic heterocycles. The quantitative estimate of drug-likeness (QED) is 0.424. The van der Waals surface area contributed by atoms with Gasteiger partial charge in [-0.05, 0) is 6.07 Å². The second-order valence-electron chi connectivity index (χ2n) is 5.71. The predicted molar refractivity (Wildman–Crippen MR) is 94.7 cm³/mol. The number of halogens is 5. The number of nitrogens with one attached hydrogen (secondary N) is 1. The number of aliphatic hydroxyl groups is 1. The number of benzene rings is 1. The molecule has 0 saturated heterocycles. The van der Waals surface area contributed by atoms with Crippen molar-refractivity contribution in [2.75, 3.05) is 18.5 Å². The minimum absolute atomic E-state index is 0.141. The van der Waals surface area contributed by atoms with Gasteiger partial charge >= 0.3 is 5.97 Å². The number of fused-ring (bicyclic) bond motifs is 1. The summed E-state index contributed by atoms with van der Waals surface area (Å²) in [6, 6.07) is 0.828. The molecule has 29 heavy (non-hydrogen) atoms. The normalized spacial score (nSPS) is 11.1. The Labute approximate surface area is 163 Å². The SMILES string of the molecule is O=C(O)c1cn(-c2nc(F)c(F)cc2F)c2c(Cl)c(NCCO)c(F)cc2c1=O. The lowest BCUT2D eigenvalue weighted by molar-refractivity contribution is 0.0695. The second kappa shape index (κ2) is 7.68.